The average molecular weight is 227 g/mol. The Hall–Kier alpha value is -0.900. The van der Waals surface area contributed by atoms with Gasteiger partial charge in [0.05, 0.1) is 0 Å². The lowest BCUT2D eigenvalue weighted by Crippen LogP contribution is -2.29. The molecule has 0 amide bonds. The van der Waals surface area contributed by atoms with Gasteiger partial charge in [-0.05, 0) is 38.5 Å². The van der Waals surface area contributed by atoms with E-state index in [1.807, 2.05) is 0 Å². The maximum Gasteiger partial charge on any atom is 0.303 e. The summed E-state index contributed by atoms with van der Waals surface area (Å²) >= 11 is 0. The number of aliphatic carboxylic acids is 1. The van der Waals surface area contributed by atoms with Gasteiger partial charge in [-0.25, -0.2) is 0 Å². The lowest BCUT2D eigenvalue weighted by Gasteiger charge is -2.24. The molecule has 0 unspecified atom stereocenters. The number of carbonyl (C=O) groups excluding carboxylic acids is 1. The van der Waals surface area contributed by atoms with Crippen molar-refractivity contribution in [2.24, 2.45) is 11.7 Å². The molecule has 1 aliphatic carbocycles. The lowest BCUT2D eigenvalue weighted by atomic mass is 9.82. The van der Waals surface area contributed by atoms with E-state index >= 15 is 0 Å². The van der Waals surface area contributed by atoms with Crippen molar-refractivity contribution >= 4 is 11.8 Å². The zero-order valence-electron chi connectivity index (χ0n) is 9.65. The van der Waals surface area contributed by atoms with Crippen LogP contribution in [0, 0.1) is 5.92 Å². The van der Waals surface area contributed by atoms with Crippen molar-refractivity contribution < 1.29 is 14.7 Å². The Labute approximate surface area is 96.2 Å². The number of carbonyl (C=O) groups is 2. The van der Waals surface area contributed by atoms with E-state index in [2.05, 4.69) is 0 Å². The first kappa shape index (κ1) is 13.2. The van der Waals surface area contributed by atoms with Gasteiger partial charge in [-0.2, -0.15) is 0 Å². The minimum atomic E-state index is -0.781. The molecule has 0 bridgehead atoms. The van der Waals surface area contributed by atoms with Crippen LogP contribution >= 0.6 is 0 Å². The number of carboxylic acids is 1. The maximum absolute atomic E-state index is 11.8. The van der Waals surface area contributed by atoms with Crippen LogP contribution < -0.4 is 5.73 Å². The summed E-state index contributed by atoms with van der Waals surface area (Å²) in [7, 11) is 0. The van der Waals surface area contributed by atoms with Gasteiger partial charge in [0.25, 0.3) is 0 Å². The first-order chi connectivity index (χ1) is 7.59. The van der Waals surface area contributed by atoms with Gasteiger partial charge in [0.15, 0.2) is 0 Å². The van der Waals surface area contributed by atoms with Crippen LogP contribution in [0.4, 0.5) is 0 Å². The van der Waals surface area contributed by atoms with Gasteiger partial charge >= 0.3 is 5.97 Å². The average Bonchev–Trinajstić information content (AvgIpc) is 2.25. The van der Waals surface area contributed by atoms with E-state index in [1.165, 1.54) is 0 Å². The Morgan fingerprint density at radius 1 is 1.06 bits per heavy atom. The molecule has 3 N–H and O–H groups in total. The van der Waals surface area contributed by atoms with Crippen molar-refractivity contribution in [1.29, 1.82) is 0 Å². The number of hydrogen-bond acceptors (Lipinski definition) is 3. The predicted molar refractivity (Wildman–Crippen MR) is 61.0 cm³/mol. The first-order valence-corrected chi connectivity index (χ1v) is 6.09. The molecule has 0 saturated heterocycles. The Kier molecular flexibility index (Phi) is 5.46. The number of unbranched alkanes of at least 4 members (excludes halogenated alkanes) is 1. The second-order valence-electron chi connectivity index (χ2n) is 4.68. The molecule has 0 radical (unpaired) electrons. The summed E-state index contributed by atoms with van der Waals surface area (Å²) in [5.41, 5.74) is 5.78. The largest absolute Gasteiger partial charge is 0.481 e. The summed E-state index contributed by atoms with van der Waals surface area (Å²) in [5.74, 6) is -0.294. The smallest absolute Gasteiger partial charge is 0.303 e. The fraction of sp³-hybridized carbons (Fsp3) is 0.833. The van der Waals surface area contributed by atoms with E-state index < -0.39 is 5.97 Å². The van der Waals surface area contributed by atoms with Crippen LogP contribution in [0.5, 0.6) is 0 Å². The van der Waals surface area contributed by atoms with Gasteiger partial charge < -0.3 is 10.8 Å². The molecule has 1 rings (SSSR count). The van der Waals surface area contributed by atoms with Crippen LogP contribution in [0.2, 0.25) is 0 Å². The molecule has 0 heterocycles. The Morgan fingerprint density at radius 2 is 1.62 bits per heavy atom. The summed E-state index contributed by atoms with van der Waals surface area (Å²) in [5, 5.41) is 8.46. The highest BCUT2D eigenvalue weighted by atomic mass is 16.4. The summed E-state index contributed by atoms with van der Waals surface area (Å²) in [4.78, 5) is 22.0. The van der Waals surface area contributed by atoms with Crippen molar-refractivity contribution in [2.75, 3.05) is 0 Å². The first-order valence-electron chi connectivity index (χ1n) is 6.09. The van der Waals surface area contributed by atoms with E-state index in [9.17, 15) is 9.59 Å². The molecule has 0 aliphatic heterocycles. The van der Waals surface area contributed by atoms with Crippen LogP contribution in [0.3, 0.4) is 0 Å². The Balaban J connectivity index is 2.12. The van der Waals surface area contributed by atoms with Gasteiger partial charge in [0.1, 0.15) is 5.78 Å². The number of Topliss-reactive ketones (excluding diaryl/α,β-unsaturated/α-hetero) is 1. The number of hydrogen-bond donors (Lipinski definition) is 2. The monoisotopic (exact) mass is 227 g/mol. The summed E-state index contributed by atoms with van der Waals surface area (Å²) in [6.07, 6.45) is 5.74. The summed E-state index contributed by atoms with van der Waals surface area (Å²) in [6.45, 7) is 0. The van der Waals surface area contributed by atoms with Gasteiger partial charge in [-0.1, -0.05) is 0 Å². The third kappa shape index (κ3) is 4.75. The molecule has 0 aromatic rings. The molecule has 4 heteroatoms. The quantitative estimate of drug-likeness (QED) is 0.677. The Morgan fingerprint density at radius 3 is 2.19 bits per heavy atom. The third-order valence-corrected chi connectivity index (χ3v) is 3.29. The van der Waals surface area contributed by atoms with Crippen LogP contribution in [-0.4, -0.2) is 22.9 Å². The highest BCUT2D eigenvalue weighted by Crippen LogP contribution is 2.25. The molecule has 16 heavy (non-hydrogen) atoms. The van der Waals surface area contributed by atoms with Gasteiger partial charge in [0, 0.05) is 24.8 Å². The molecule has 1 fully saturated rings. The minimum absolute atomic E-state index is 0.169. The van der Waals surface area contributed by atoms with Crippen molar-refractivity contribution in [2.45, 2.75) is 57.4 Å². The molecule has 0 aromatic carbocycles. The van der Waals surface area contributed by atoms with Crippen molar-refractivity contribution in [1.82, 2.24) is 0 Å². The molecule has 4 nitrogen and oxygen atoms in total. The minimum Gasteiger partial charge on any atom is -0.481 e. The normalized spacial score (nSPS) is 25.3. The highest BCUT2D eigenvalue weighted by Gasteiger charge is 2.23. The number of carboxylic acid groups (broad SMARTS) is 1. The van der Waals surface area contributed by atoms with E-state index in [4.69, 9.17) is 10.8 Å². The number of rotatable bonds is 6. The number of nitrogens with two attached hydrogens (primary N) is 1. The molecule has 92 valence electrons. The van der Waals surface area contributed by atoms with Crippen molar-refractivity contribution in [3.05, 3.63) is 0 Å². The standard InChI is InChI=1S/C12H21NO3/c13-10-7-5-9(6-8-10)11(14)3-1-2-4-12(15)16/h9-10H,1-8,13H2,(H,15,16). The van der Waals surface area contributed by atoms with E-state index in [0.29, 0.717) is 25.0 Å². The highest BCUT2D eigenvalue weighted by molar-refractivity contribution is 5.81. The maximum atomic E-state index is 11.8. The third-order valence-electron chi connectivity index (χ3n) is 3.29. The fourth-order valence-corrected chi connectivity index (χ4v) is 2.22. The van der Waals surface area contributed by atoms with E-state index in [-0.39, 0.29) is 18.4 Å². The zero-order chi connectivity index (χ0) is 12.0. The van der Waals surface area contributed by atoms with Crippen molar-refractivity contribution in [3.8, 4) is 0 Å². The summed E-state index contributed by atoms with van der Waals surface area (Å²) in [6, 6.07) is 0.274. The molecule has 0 spiro atoms. The topological polar surface area (TPSA) is 80.4 Å². The second kappa shape index (κ2) is 6.63. The molecule has 1 saturated carbocycles. The zero-order valence-corrected chi connectivity index (χ0v) is 9.65. The van der Waals surface area contributed by atoms with E-state index in [1.54, 1.807) is 0 Å². The molecule has 0 aromatic heterocycles. The number of ketones is 1. The van der Waals surface area contributed by atoms with Crippen LogP contribution in [0.25, 0.3) is 0 Å². The van der Waals surface area contributed by atoms with Gasteiger partial charge in [0.2, 0.25) is 0 Å². The van der Waals surface area contributed by atoms with Crippen LogP contribution in [0.1, 0.15) is 51.4 Å². The summed E-state index contributed by atoms with van der Waals surface area (Å²) < 4.78 is 0. The molecular weight excluding hydrogens is 206 g/mol. The Bertz CT molecular complexity index is 245. The lowest BCUT2D eigenvalue weighted by molar-refractivity contribution is -0.137. The SMILES string of the molecule is NC1CCC(C(=O)CCCCC(=O)O)CC1. The van der Waals surface area contributed by atoms with Crippen molar-refractivity contribution in [3.63, 3.8) is 0 Å². The molecule has 1 aliphatic rings. The van der Waals surface area contributed by atoms with Crippen LogP contribution in [-0.2, 0) is 9.59 Å². The van der Waals surface area contributed by atoms with Gasteiger partial charge in [-0.3, -0.25) is 9.59 Å². The molecule has 0 atom stereocenters. The fourth-order valence-electron chi connectivity index (χ4n) is 2.22. The van der Waals surface area contributed by atoms with Gasteiger partial charge in [-0.15, -0.1) is 0 Å². The second-order valence-corrected chi connectivity index (χ2v) is 4.68. The van der Waals surface area contributed by atoms with E-state index in [0.717, 1.165) is 25.7 Å². The van der Waals surface area contributed by atoms with Crippen LogP contribution in [0.15, 0.2) is 0 Å². The predicted octanol–water partition coefficient (Wildman–Crippen LogP) is 1.72. The molecular formula is C12H21NO3.